The van der Waals surface area contributed by atoms with Crippen LogP contribution in [0, 0.1) is 5.41 Å². The highest BCUT2D eigenvalue weighted by molar-refractivity contribution is 5.92. The third-order valence-corrected chi connectivity index (χ3v) is 3.74. The molecular weight excluding hydrogens is 310 g/mol. The Morgan fingerprint density at radius 2 is 1.83 bits per heavy atom. The van der Waals surface area contributed by atoms with Crippen molar-refractivity contribution in [3.8, 4) is 0 Å². The first-order valence-electron chi connectivity index (χ1n) is 8.14. The van der Waals surface area contributed by atoms with Crippen LogP contribution >= 0.6 is 0 Å². The normalized spacial score (nSPS) is 15.8. The molecule has 1 fully saturated rings. The fourth-order valence-electron chi connectivity index (χ4n) is 2.40. The van der Waals surface area contributed by atoms with Crippen molar-refractivity contribution in [2.24, 2.45) is 5.41 Å². The third kappa shape index (κ3) is 5.07. The second-order valence-electron chi connectivity index (χ2n) is 7.16. The molecule has 1 aromatic heterocycles. The third-order valence-electron chi connectivity index (χ3n) is 3.74. The van der Waals surface area contributed by atoms with Gasteiger partial charge in [0, 0.05) is 38.8 Å². The summed E-state index contributed by atoms with van der Waals surface area (Å²) in [6.07, 6.45) is 0.706. The lowest BCUT2D eigenvalue weighted by molar-refractivity contribution is 0.0755. The molecule has 1 aliphatic heterocycles. The van der Waals surface area contributed by atoms with Gasteiger partial charge in [-0.1, -0.05) is 20.8 Å². The van der Waals surface area contributed by atoms with Crippen LogP contribution in [-0.4, -0.2) is 64.7 Å². The van der Waals surface area contributed by atoms with E-state index < -0.39 is 0 Å². The predicted molar refractivity (Wildman–Crippen MR) is 89.8 cm³/mol. The van der Waals surface area contributed by atoms with E-state index in [1.165, 1.54) is 12.1 Å². The zero-order valence-electron chi connectivity index (χ0n) is 14.5. The summed E-state index contributed by atoms with van der Waals surface area (Å²) < 4.78 is 0. The van der Waals surface area contributed by atoms with Crippen molar-refractivity contribution in [1.29, 1.82) is 0 Å². The Hall–Kier alpha value is -2.38. The van der Waals surface area contributed by atoms with E-state index in [9.17, 15) is 14.4 Å². The number of nitrogens with zero attached hydrogens (tertiary/aromatic N) is 3. The number of hydrogen-bond acceptors (Lipinski definition) is 4. The number of rotatable bonds is 2. The van der Waals surface area contributed by atoms with E-state index in [-0.39, 0.29) is 28.6 Å². The molecule has 1 aromatic rings. The van der Waals surface area contributed by atoms with Gasteiger partial charge in [-0.05, 0) is 17.9 Å². The highest BCUT2D eigenvalue weighted by Crippen LogP contribution is 2.11. The Morgan fingerprint density at radius 1 is 1.17 bits per heavy atom. The zero-order valence-corrected chi connectivity index (χ0v) is 14.5. The van der Waals surface area contributed by atoms with E-state index in [1.54, 1.807) is 9.80 Å². The molecule has 2 rings (SSSR count). The van der Waals surface area contributed by atoms with E-state index in [2.05, 4.69) is 36.3 Å². The van der Waals surface area contributed by atoms with Crippen molar-refractivity contribution < 1.29 is 9.59 Å². The van der Waals surface area contributed by atoms with Crippen molar-refractivity contribution in [3.63, 3.8) is 0 Å². The van der Waals surface area contributed by atoms with Gasteiger partial charge in [-0.25, -0.2) is 9.89 Å². The molecule has 3 amide bonds. The molecule has 0 radical (unpaired) electrons. The molecule has 1 aliphatic rings. The van der Waals surface area contributed by atoms with Crippen molar-refractivity contribution in [1.82, 2.24) is 25.3 Å². The molecule has 132 valence electrons. The molecule has 0 saturated carbocycles. The number of nitrogens with one attached hydrogen (secondary N) is 2. The Balaban J connectivity index is 1.92. The summed E-state index contributed by atoms with van der Waals surface area (Å²) in [5, 5.41) is 8.97. The van der Waals surface area contributed by atoms with Gasteiger partial charge in [0.25, 0.3) is 11.5 Å². The fraction of sp³-hybridized carbons (Fsp3) is 0.625. The summed E-state index contributed by atoms with van der Waals surface area (Å²) in [6, 6.07) is 2.60. The zero-order chi connectivity index (χ0) is 17.7. The maximum atomic E-state index is 12.4. The minimum Gasteiger partial charge on any atom is -0.337 e. The minimum atomic E-state index is -0.343. The largest absolute Gasteiger partial charge is 0.337 e. The van der Waals surface area contributed by atoms with E-state index in [0.29, 0.717) is 39.1 Å². The lowest BCUT2D eigenvalue weighted by Gasteiger charge is -2.25. The highest BCUT2D eigenvalue weighted by atomic mass is 16.2. The van der Waals surface area contributed by atoms with E-state index in [0.717, 1.165) is 0 Å². The van der Waals surface area contributed by atoms with Crippen molar-refractivity contribution in [2.45, 2.75) is 27.2 Å². The maximum Gasteiger partial charge on any atom is 0.317 e. The molecule has 8 heteroatoms. The Kier molecular flexibility index (Phi) is 5.58. The number of urea groups is 1. The number of hydrogen-bond donors (Lipinski definition) is 2. The number of carbonyl (C=O) groups excluding carboxylic acids is 2. The smallest absolute Gasteiger partial charge is 0.317 e. The molecule has 2 heterocycles. The molecule has 24 heavy (non-hydrogen) atoms. The lowest BCUT2D eigenvalue weighted by atomic mass is 9.97. The Morgan fingerprint density at radius 3 is 2.46 bits per heavy atom. The van der Waals surface area contributed by atoms with Gasteiger partial charge in [-0.15, -0.1) is 0 Å². The molecule has 0 bridgehead atoms. The summed E-state index contributed by atoms with van der Waals surface area (Å²) >= 11 is 0. The Labute approximate surface area is 141 Å². The number of aromatic amines is 1. The van der Waals surface area contributed by atoms with Crippen molar-refractivity contribution in [2.75, 3.05) is 32.7 Å². The summed E-state index contributed by atoms with van der Waals surface area (Å²) in [5.74, 6) is -0.233. The number of aromatic nitrogens is 2. The average molecular weight is 335 g/mol. The topological polar surface area (TPSA) is 98.4 Å². The first-order valence-corrected chi connectivity index (χ1v) is 8.14. The molecule has 8 nitrogen and oxygen atoms in total. The van der Waals surface area contributed by atoms with Gasteiger partial charge in [0.15, 0.2) is 0 Å². The standard InChI is InChI=1S/C16H25N5O3/c1-16(2,3)11-17-15(24)21-8-4-7-20(9-10-21)14(23)12-5-6-13(22)19-18-12/h5-6H,4,7-11H2,1-3H3,(H,17,24)(H,19,22). The van der Waals surface area contributed by atoms with E-state index in [4.69, 9.17) is 0 Å². The predicted octanol–water partition coefficient (Wildman–Crippen LogP) is 0.674. The van der Waals surface area contributed by atoms with Crippen LogP contribution in [0.2, 0.25) is 0 Å². The number of amides is 3. The van der Waals surface area contributed by atoms with Crippen LogP contribution in [0.5, 0.6) is 0 Å². The van der Waals surface area contributed by atoms with Crippen LogP contribution in [0.1, 0.15) is 37.7 Å². The molecule has 0 aromatic carbocycles. The van der Waals surface area contributed by atoms with Crippen LogP contribution < -0.4 is 10.9 Å². The second-order valence-corrected chi connectivity index (χ2v) is 7.16. The monoisotopic (exact) mass is 335 g/mol. The fourth-order valence-corrected chi connectivity index (χ4v) is 2.40. The van der Waals surface area contributed by atoms with Gasteiger partial charge < -0.3 is 15.1 Å². The summed E-state index contributed by atoms with van der Waals surface area (Å²) in [7, 11) is 0. The van der Waals surface area contributed by atoms with Crippen LogP contribution in [0.25, 0.3) is 0 Å². The first-order chi connectivity index (χ1) is 11.3. The molecular formula is C16H25N5O3. The summed E-state index contributed by atoms with van der Waals surface area (Å²) in [5.41, 5.74) is -0.108. The van der Waals surface area contributed by atoms with Crippen molar-refractivity contribution in [3.05, 3.63) is 28.2 Å². The van der Waals surface area contributed by atoms with Crippen LogP contribution in [0.3, 0.4) is 0 Å². The Bertz CT molecular complexity index is 629. The summed E-state index contributed by atoms with van der Waals surface area (Å²) in [4.78, 5) is 39.1. The number of carbonyl (C=O) groups is 2. The van der Waals surface area contributed by atoms with Crippen LogP contribution in [0.4, 0.5) is 4.79 Å². The van der Waals surface area contributed by atoms with Gasteiger partial charge in [-0.3, -0.25) is 9.59 Å². The van der Waals surface area contributed by atoms with Gasteiger partial charge in [0.1, 0.15) is 5.69 Å². The quantitative estimate of drug-likeness (QED) is 0.830. The van der Waals surface area contributed by atoms with Gasteiger partial charge in [-0.2, -0.15) is 5.10 Å². The summed E-state index contributed by atoms with van der Waals surface area (Å²) in [6.45, 7) is 8.88. The highest BCUT2D eigenvalue weighted by Gasteiger charge is 2.24. The molecule has 0 unspecified atom stereocenters. The molecule has 0 aliphatic carbocycles. The SMILES string of the molecule is CC(C)(C)CNC(=O)N1CCCN(C(=O)c2ccc(=O)[nH]n2)CC1. The van der Waals surface area contributed by atoms with Crippen LogP contribution in [-0.2, 0) is 0 Å². The van der Waals surface area contributed by atoms with Crippen molar-refractivity contribution >= 4 is 11.9 Å². The average Bonchev–Trinajstić information content (AvgIpc) is 2.78. The van der Waals surface area contributed by atoms with Gasteiger partial charge in [0.05, 0.1) is 0 Å². The van der Waals surface area contributed by atoms with E-state index >= 15 is 0 Å². The van der Waals surface area contributed by atoms with Crippen LogP contribution in [0.15, 0.2) is 16.9 Å². The van der Waals surface area contributed by atoms with E-state index in [1.807, 2.05) is 0 Å². The van der Waals surface area contributed by atoms with Gasteiger partial charge in [0.2, 0.25) is 0 Å². The van der Waals surface area contributed by atoms with Gasteiger partial charge >= 0.3 is 6.03 Å². The minimum absolute atomic E-state index is 0.0272. The lowest BCUT2D eigenvalue weighted by Crippen LogP contribution is -2.45. The maximum absolute atomic E-state index is 12.4. The first kappa shape index (κ1) is 18.0. The molecule has 0 spiro atoms. The molecule has 0 atom stereocenters. The molecule has 1 saturated heterocycles. The number of H-pyrrole nitrogens is 1. The molecule has 2 N–H and O–H groups in total. The second kappa shape index (κ2) is 7.46.